The van der Waals surface area contributed by atoms with E-state index in [9.17, 15) is 14.4 Å². The van der Waals surface area contributed by atoms with Gasteiger partial charge in [-0.25, -0.2) is 0 Å². The standard InChI is InChI=1S/C19H27N3O4/c1-2-3-4-9-20-17(24)19(7-8-19)18(25)22-12-10-21(11-13-22)16(23)15-6-5-14-26-15/h5-6,14H,2-4,7-13H2,1H3,(H,20,24). The van der Waals surface area contributed by atoms with Crippen molar-refractivity contribution >= 4 is 17.7 Å². The summed E-state index contributed by atoms with van der Waals surface area (Å²) in [4.78, 5) is 41.0. The van der Waals surface area contributed by atoms with Gasteiger partial charge < -0.3 is 19.5 Å². The third kappa shape index (κ3) is 3.76. The SMILES string of the molecule is CCCCCNC(=O)C1(C(=O)N2CCN(C(=O)c3ccco3)CC2)CC1. The van der Waals surface area contributed by atoms with Gasteiger partial charge in [0.05, 0.1) is 6.26 Å². The molecule has 142 valence electrons. The van der Waals surface area contributed by atoms with Gasteiger partial charge in [0, 0.05) is 32.7 Å². The summed E-state index contributed by atoms with van der Waals surface area (Å²) in [5.41, 5.74) is -0.862. The van der Waals surface area contributed by atoms with Gasteiger partial charge in [0.25, 0.3) is 5.91 Å². The molecule has 3 rings (SSSR count). The monoisotopic (exact) mass is 361 g/mol. The molecule has 1 N–H and O–H groups in total. The van der Waals surface area contributed by atoms with Crippen LogP contribution in [0, 0.1) is 5.41 Å². The second-order valence-electron chi connectivity index (χ2n) is 7.11. The molecule has 0 radical (unpaired) electrons. The average molecular weight is 361 g/mol. The van der Waals surface area contributed by atoms with Gasteiger partial charge in [-0.1, -0.05) is 19.8 Å². The van der Waals surface area contributed by atoms with Crippen molar-refractivity contribution in [2.45, 2.75) is 39.0 Å². The Kier molecular flexibility index (Phi) is 5.64. The van der Waals surface area contributed by atoms with E-state index in [0.29, 0.717) is 51.3 Å². The van der Waals surface area contributed by atoms with Crippen molar-refractivity contribution in [1.82, 2.24) is 15.1 Å². The number of furan rings is 1. The molecule has 1 aliphatic carbocycles. The van der Waals surface area contributed by atoms with E-state index >= 15 is 0 Å². The number of nitrogens with one attached hydrogen (secondary N) is 1. The summed E-state index contributed by atoms with van der Waals surface area (Å²) in [5, 5.41) is 2.92. The molecule has 1 saturated carbocycles. The van der Waals surface area contributed by atoms with Crippen LogP contribution < -0.4 is 5.32 Å². The van der Waals surface area contributed by atoms with Crippen LogP contribution in [-0.4, -0.2) is 60.2 Å². The topological polar surface area (TPSA) is 82.9 Å². The zero-order valence-electron chi connectivity index (χ0n) is 15.3. The van der Waals surface area contributed by atoms with Gasteiger partial charge in [-0.2, -0.15) is 0 Å². The zero-order valence-corrected chi connectivity index (χ0v) is 15.3. The van der Waals surface area contributed by atoms with Crippen LogP contribution in [0.25, 0.3) is 0 Å². The van der Waals surface area contributed by atoms with Crippen LogP contribution in [0.4, 0.5) is 0 Å². The molecule has 0 atom stereocenters. The van der Waals surface area contributed by atoms with E-state index in [1.54, 1.807) is 21.9 Å². The van der Waals surface area contributed by atoms with Crippen LogP contribution in [0.15, 0.2) is 22.8 Å². The number of nitrogens with zero attached hydrogens (tertiary/aromatic N) is 2. The van der Waals surface area contributed by atoms with E-state index in [2.05, 4.69) is 12.2 Å². The third-order valence-corrected chi connectivity index (χ3v) is 5.25. The lowest BCUT2D eigenvalue weighted by Gasteiger charge is -2.36. The maximum Gasteiger partial charge on any atom is 0.289 e. The Bertz CT molecular complexity index is 644. The quantitative estimate of drug-likeness (QED) is 0.591. The third-order valence-electron chi connectivity index (χ3n) is 5.25. The van der Waals surface area contributed by atoms with Crippen molar-refractivity contribution in [3.8, 4) is 0 Å². The van der Waals surface area contributed by atoms with Crippen LogP contribution in [0.5, 0.6) is 0 Å². The van der Waals surface area contributed by atoms with E-state index in [-0.39, 0.29) is 17.7 Å². The molecule has 1 aromatic heterocycles. The number of rotatable bonds is 7. The molecular formula is C19H27N3O4. The summed E-state index contributed by atoms with van der Waals surface area (Å²) in [6.07, 6.45) is 5.84. The van der Waals surface area contributed by atoms with E-state index in [4.69, 9.17) is 4.42 Å². The van der Waals surface area contributed by atoms with E-state index in [1.807, 2.05) is 0 Å². The number of carbonyl (C=O) groups is 3. The van der Waals surface area contributed by atoms with Crippen molar-refractivity contribution in [2.75, 3.05) is 32.7 Å². The first-order valence-corrected chi connectivity index (χ1v) is 9.49. The molecular weight excluding hydrogens is 334 g/mol. The fourth-order valence-corrected chi connectivity index (χ4v) is 3.38. The van der Waals surface area contributed by atoms with Gasteiger partial charge in [-0.3, -0.25) is 14.4 Å². The smallest absolute Gasteiger partial charge is 0.289 e. The van der Waals surface area contributed by atoms with Crippen LogP contribution in [-0.2, 0) is 9.59 Å². The first-order valence-electron chi connectivity index (χ1n) is 9.49. The second kappa shape index (κ2) is 7.93. The minimum atomic E-state index is -0.862. The van der Waals surface area contributed by atoms with E-state index < -0.39 is 5.41 Å². The molecule has 0 unspecified atom stereocenters. The first kappa shape index (κ1) is 18.5. The molecule has 3 amide bonds. The maximum atomic E-state index is 12.9. The molecule has 26 heavy (non-hydrogen) atoms. The molecule has 2 heterocycles. The molecule has 7 nitrogen and oxygen atoms in total. The van der Waals surface area contributed by atoms with Crippen molar-refractivity contribution in [3.05, 3.63) is 24.2 Å². The second-order valence-corrected chi connectivity index (χ2v) is 7.11. The Hall–Kier alpha value is -2.31. The molecule has 0 spiro atoms. The Morgan fingerprint density at radius 2 is 1.81 bits per heavy atom. The van der Waals surface area contributed by atoms with Crippen LogP contribution in [0.2, 0.25) is 0 Å². The molecule has 2 fully saturated rings. The Morgan fingerprint density at radius 3 is 2.38 bits per heavy atom. The first-order chi connectivity index (χ1) is 12.6. The average Bonchev–Trinajstić information content (AvgIpc) is 3.30. The van der Waals surface area contributed by atoms with Crippen molar-refractivity contribution in [3.63, 3.8) is 0 Å². The minimum Gasteiger partial charge on any atom is -0.459 e. The number of unbranched alkanes of at least 4 members (excludes halogenated alkanes) is 2. The van der Waals surface area contributed by atoms with Crippen molar-refractivity contribution < 1.29 is 18.8 Å². The largest absolute Gasteiger partial charge is 0.459 e. The fourth-order valence-electron chi connectivity index (χ4n) is 3.38. The summed E-state index contributed by atoms with van der Waals surface area (Å²) < 4.78 is 5.15. The van der Waals surface area contributed by atoms with E-state index in [1.165, 1.54) is 6.26 Å². The number of carbonyl (C=O) groups excluding carboxylic acids is 3. The van der Waals surface area contributed by atoms with Gasteiger partial charge in [-0.05, 0) is 31.4 Å². The predicted molar refractivity (Wildman–Crippen MR) is 95.4 cm³/mol. The van der Waals surface area contributed by atoms with Crippen molar-refractivity contribution in [1.29, 1.82) is 0 Å². The normalized spacial score (nSPS) is 18.5. The Morgan fingerprint density at radius 1 is 1.12 bits per heavy atom. The van der Waals surface area contributed by atoms with Gasteiger partial charge in [0.2, 0.25) is 11.8 Å². The van der Waals surface area contributed by atoms with Crippen LogP contribution in [0.3, 0.4) is 0 Å². The highest BCUT2D eigenvalue weighted by Gasteiger charge is 2.58. The summed E-state index contributed by atoms with van der Waals surface area (Å²) in [6, 6.07) is 3.32. The van der Waals surface area contributed by atoms with Gasteiger partial charge in [0.15, 0.2) is 5.76 Å². The summed E-state index contributed by atoms with van der Waals surface area (Å²) in [5.74, 6) is -0.0601. The van der Waals surface area contributed by atoms with Crippen LogP contribution >= 0.6 is 0 Å². The fraction of sp³-hybridized carbons (Fsp3) is 0.632. The van der Waals surface area contributed by atoms with Gasteiger partial charge >= 0.3 is 0 Å². The predicted octanol–water partition coefficient (Wildman–Crippen LogP) is 1.65. The summed E-state index contributed by atoms with van der Waals surface area (Å²) >= 11 is 0. The number of hydrogen-bond donors (Lipinski definition) is 1. The lowest BCUT2D eigenvalue weighted by Crippen LogP contribution is -2.54. The Balaban J connectivity index is 1.50. The highest BCUT2D eigenvalue weighted by molar-refractivity contribution is 6.08. The number of amides is 3. The van der Waals surface area contributed by atoms with Crippen LogP contribution in [0.1, 0.15) is 49.6 Å². The lowest BCUT2D eigenvalue weighted by atomic mass is 10.0. The molecule has 7 heteroatoms. The zero-order chi connectivity index (χ0) is 18.6. The minimum absolute atomic E-state index is 0.0874. The van der Waals surface area contributed by atoms with Crippen molar-refractivity contribution in [2.24, 2.45) is 5.41 Å². The van der Waals surface area contributed by atoms with Gasteiger partial charge in [0.1, 0.15) is 5.41 Å². The molecule has 1 aliphatic heterocycles. The number of hydrogen-bond acceptors (Lipinski definition) is 4. The van der Waals surface area contributed by atoms with Gasteiger partial charge in [-0.15, -0.1) is 0 Å². The summed E-state index contributed by atoms with van der Waals surface area (Å²) in [6.45, 7) is 4.57. The highest BCUT2D eigenvalue weighted by Crippen LogP contribution is 2.47. The summed E-state index contributed by atoms with van der Waals surface area (Å²) in [7, 11) is 0. The molecule has 0 bridgehead atoms. The number of piperazine rings is 1. The van der Waals surface area contributed by atoms with E-state index in [0.717, 1.165) is 19.3 Å². The maximum absolute atomic E-state index is 12.9. The molecule has 1 saturated heterocycles. The lowest BCUT2D eigenvalue weighted by molar-refractivity contribution is -0.145. The molecule has 2 aliphatic rings. The molecule has 1 aromatic rings. The highest BCUT2D eigenvalue weighted by atomic mass is 16.3. The Labute approximate surface area is 153 Å². The molecule has 0 aromatic carbocycles.